The maximum absolute atomic E-state index is 12.6. The SMILES string of the molecule is Cc1nc(S(=O)(=O)NC2CCC(n3nc(-n4cncn4)ccc3=O)CC2)cn1C. The Balaban J connectivity index is 1.45. The van der Waals surface area contributed by atoms with Gasteiger partial charge in [-0.15, -0.1) is 5.10 Å². The molecule has 0 atom stereocenters. The van der Waals surface area contributed by atoms with E-state index < -0.39 is 10.0 Å². The summed E-state index contributed by atoms with van der Waals surface area (Å²) in [5.41, 5.74) is -0.193. The summed E-state index contributed by atoms with van der Waals surface area (Å²) in [4.78, 5) is 20.3. The highest BCUT2D eigenvalue weighted by molar-refractivity contribution is 7.89. The normalized spacial score (nSPS) is 20.1. The van der Waals surface area contributed by atoms with Crippen molar-refractivity contribution in [2.24, 2.45) is 7.05 Å². The van der Waals surface area contributed by atoms with Crippen molar-refractivity contribution >= 4 is 10.0 Å². The van der Waals surface area contributed by atoms with E-state index in [2.05, 4.69) is 24.9 Å². The molecular weight excluding hydrogens is 396 g/mol. The Morgan fingerprint density at radius 2 is 1.93 bits per heavy atom. The third kappa shape index (κ3) is 3.98. The number of hydrogen-bond acceptors (Lipinski definition) is 7. The van der Waals surface area contributed by atoms with Gasteiger partial charge < -0.3 is 4.57 Å². The Morgan fingerprint density at radius 3 is 2.55 bits per heavy atom. The van der Waals surface area contributed by atoms with E-state index in [1.807, 2.05) is 0 Å². The number of hydrogen-bond donors (Lipinski definition) is 1. The highest BCUT2D eigenvalue weighted by Gasteiger charge is 2.28. The standard InChI is InChI=1S/C17H22N8O3S/c1-12-20-16(9-23(12)2)29(27,28)22-13-3-5-14(6-4-13)25-17(26)8-7-15(21-25)24-11-18-10-19-24/h7-11,13-14,22H,3-6H2,1-2H3. The molecule has 3 heterocycles. The number of aromatic nitrogens is 7. The molecule has 1 aliphatic carbocycles. The number of rotatable bonds is 5. The summed E-state index contributed by atoms with van der Waals surface area (Å²) in [6, 6.07) is 2.77. The molecule has 11 nitrogen and oxygen atoms in total. The second-order valence-corrected chi connectivity index (χ2v) is 8.84. The van der Waals surface area contributed by atoms with Gasteiger partial charge in [-0.3, -0.25) is 4.79 Å². The first-order chi connectivity index (χ1) is 13.8. The average Bonchev–Trinajstić information content (AvgIpc) is 3.34. The zero-order valence-corrected chi connectivity index (χ0v) is 16.9. The topological polar surface area (TPSA) is 130 Å². The fourth-order valence-electron chi connectivity index (χ4n) is 3.50. The third-order valence-corrected chi connectivity index (χ3v) is 6.58. The smallest absolute Gasteiger partial charge is 0.267 e. The van der Waals surface area contributed by atoms with Gasteiger partial charge in [0.05, 0.1) is 6.04 Å². The average molecular weight is 418 g/mol. The minimum absolute atomic E-state index is 0.0260. The number of aryl methyl sites for hydroxylation is 2. The van der Waals surface area contributed by atoms with Crippen LogP contribution in [0.2, 0.25) is 0 Å². The van der Waals surface area contributed by atoms with Crippen LogP contribution < -0.4 is 10.3 Å². The molecule has 0 bridgehead atoms. The summed E-state index contributed by atoms with van der Waals surface area (Å²) in [6.07, 6.45) is 6.92. The van der Waals surface area contributed by atoms with Crippen LogP contribution in [0.3, 0.4) is 0 Å². The zero-order chi connectivity index (χ0) is 20.6. The Morgan fingerprint density at radius 1 is 1.17 bits per heavy atom. The fourth-order valence-corrected chi connectivity index (χ4v) is 4.84. The maximum Gasteiger partial charge on any atom is 0.267 e. The highest BCUT2D eigenvalue weighted by atomic mass is 32.2. The molecule has 1 fully saturated rings. The minimum atomic E-state index is -3.67. The van der Waals surface area contributed by atoms with Crippen molar-refractivity contribution in [3.8, 4) is 5.82 Å². The molecule has 0 radical (unpaired) electrons. The van der Waals surface area contributed by atoms with Crippen molar-refractivity contribution in [1.29, 1.82) is 0 Å². The minimum Gasteiger partial charge on any atom is -0.337 e. The van der Waals surface area contributed by atoms with Gasteiger partial charge in [0, 0.05) is 25.4 Å². The van der Waals surface area contributed by atoms with Gasteiger partial charge in [-0.1, -0.05) is 0 Å². The fraction of sp³-hybridized carbons (Fsp3) is 0.471. The summed E-state index contributed by atoms with van der Waals surface area (Å²) >= 11 is 0. The molecule has 29 heavy (non-hydrogen) atoms. The Hall–Kier alpha value is -2.86. The molecule has 1 N–H and O–H groups in total. The van der Waals surface area contributed by atoms with Gasteiger partial charge in [0.1, 0.15) is 18.5 Å². The molecule has 3 aromatic rings. The van der Waals surface area contributed by atoms with Crippen LogP contribution in [0.15, 0.2) is 40.8 Å². The van der Waals surface area contributed by atoms with E-state index in [-0.39, 0.29) is 22.7 Å². The van der Waals surface area contributed by atoms with E-state index >= 15 is 0 Å². The quantitative estimate of drug-likeness (QED) is 0.632. The van der Waals surface area contributed by atoms with Crippen LogP contribution in [0.4, 0.5) is 0 Å². The third-order valence-electron chi connectivity index (χ3n) is 5.19. The van der Waals surface area contributed by atoms with Crippen LogP contribution in [-0.4, -0.2) is 48.6 Å². The van der Waals surface area contributed by atoms with E-state index in [0.29, 0.717) is 37.3 Å². The lowest BCUT2D eigenvalue weighted by Gasteiger charge is -2.29. The molecule has 12 heteroatoms. The first-order valence-electron chi connectivity index (χ1n) is 9.30. The molecule has 0 unspecified atom stereocenters. The molecule has 3 aromatic heterocycles. The van der Waals surface area contributed by atoms with E-state index in [0.717, 1.165) is 0 Å². The summed E-state index contributed by atoms with van der Waals surface area (Å²) in [6.45, 7) is 1.75. The molecule has 0 spiro atoms. The molecule has 1 saturated carbocycles. The number of nitrogens with one attached hydrogen (secondary N) is 1. The summed E-state index contributed by atoms with van der Waals surface area (Å²) in [7, 11) is -1.92. The second kappa shape index (κ2) is 7.52. The molecule has 0 amide bonds. The number of sulfonamides is 1. The van der Waals surface area contributed by atoms with Crippen molar-refractivity contribution in [1.82, 2.24) is 38.8 Å². The lowest BCUT2D eigenvalue weighted by atomic mass is 9.92. The Labute approximate surface area is 167 Å². The first-order valence-corrected chi connectivity index (χ1v) is 10.8. The lowest BCUT2D eigenvalue weighted by Crippen LogP contribution is -2.39. The molecule has 4 rings (SSSR count). The van der Waals surface area contributed by atoms with Crippen LogP contribution in [-0.2, 0) is 17.1 Å². The summed E-state index contributed by atoms with van der Waals surface area (Å²) in [5.74, 6) is 1.14. The largest absolute Gasteiger partial charge is 0.337 e. The van der Waals surface area contributed by atoms with E-state index in [4.69, 9.17) is 0 Å². The predicted octanol–water partition coefficient (Wildman–Crippen LogP) is 0.328. The molecule has 0 aliphatic heterocycles. The monoisotopic (exact) mass is 418 g/mol. The van der Waals surface area contributed by atoms with Crippen LogP contribution >= 0.6 is 0 Å². The van der Waals surface area contributed by atoms with Gasteiger partial charge in [0.15, 0.2) is 10.8 Å². The van der Waals surface area contributed by atoms with E-state index in [1.165, 1.54) is 34.3 Å². The van der Waals surface area contributed by atoms with Crippen molar-refractivity contribution in [2.75, 3.05) is 0 Å². The van der Waals surface area contributed by atoms with Crippen molar-refractivity contribution in [2.45, 2.75) is 49.7 Å². The van der Waals surface area contributed by atoms with Crippen LogP contribution in [0.25, 0.3) is 5.82 Å². The predicted molar refractivity (Wildman–Crippen MR) is 103 cm³/mol. The molecule has 0 saturated heterocycles. The van der Waals surface area contributed by atoms with Gasteiger partial charge >= 0.3 is 0 Å². The zero-order valence-electron chi connectivity index (χ0n) is 16.1. The van der Waals surface area contributed by atoms with E-state index in [1.54, 1.807) is 24.6 Å². The molecule has 0 aromatic carbocycles. The number of imidazole rings is 1. The van der Waals surface area contributed by atoms with Crippen molar-refractivity contribution in [3.05, 3.63) is 47.2 Å². The van der Waals surface area contributed by atoms with Gasteiger partial charge in [0.2, 0.25) is 0 Å². The lowest BCUT2D eigenvalue weighted by molar-refractivity contribution is 0.284. The maximum atomic E-state index is 12.6. The van der Waals surface area contributed by atoms with Gasteiger partial charge in [0.25, 0.3) is 15.6 Å². The first kappa shape index (κ1) is 19.5. The Bertz CT molecular complexity index is 1140. The van der Waals surface area contributed by atoms with Gasteiger partial charge in [-0.2, -0.15) is 5.10 Å². The van der Waals surface area contributed by atoms with Crippen LogP contribution in [0.5, 0.6) is 0 Å². The molecule has 154 valence electrons. The summed E-state index contributed by atoms with van der Waals surface area (Å²) in [5, 5.41) is 8.47. The highest BCUT2D eigenvalue weighted by Crippen LogP contribution is 2.28. The second-order valence-electron chi connectivity index (χ2n) is 7.18. The van der Waals surface area contributed by atoms with Crippen LogP contribution in [0, 0.1) is 6.92 Å². The summed E-state index contributed by atoms with van der Waals surface area (Å²) < 4.78 is 32.5. The molecule has 1 aliphatic rings. The van der Waals surface area contributed by atoms with E-state index in [9.17, 15) is 13.2 Å². The Kier molecular flexibility index (Phi) is 5.04. The van der Waals surface area contributed by atoms with Crippen molar-refractivity contribution in [3.63, 3.8) is 0 Å². The van der Waals surface area contributed by atoms with Crippen LogP contribution in [0.1, 0.15) is 37.5 Å². The van der Waals surface area contributed by atoms with Gasteiger partial charge in [-0.25, -0.2) is 32.5 Å². The van der Waals surface area contributed by atoms with Gasteiger partial charge in [-0.05, 0) is 38.7 Å². The van der Waals surface area contributed by atoms with Crippen molar-refractivity contribution < 1.29 is 8.42 Å². The number of nitrogens with zero attached hydrogens (tertiary/aromatic N) is 7. The molecular formula is C17H22N8O3S.